The lowest BCUT2D eigenvalue weighted by Crippen LogP contribution is -2.37. The van der Waals surface area contributed by atoms with Gasteiger partial charge in [0.25, 0.3) is 0 Å². The van der Waals surface area contributed by atoms with Crippen LogP contribution in [0.1, 0.15) is 27.2 Å². The molecule has 0 aromatic rings. The summed E-state index contributed by atoms with van der Waals surface area (Å²) in [5.74, 6) is -0.0442. The van der Waals surface area contributed by atoms with Gasteiger partial charge in [0.15, 0.2) is 0 Å². The van der Waals surface area contributed by atoms with E-state index in [4.69, 9.17) is 10.00 Å². The average Bonchev–Trinajstić information content (AvgIpc) is 2.16. The molecule has 94 valence electrons. The third-order valence-corrected chi connectivity index (χ3v) is 4.16. The van der Waals surface area contributed by atoms with Crippen LogP contribution in [-0.4, -0.2) is 44.3 Å². The number of hydrogen-bond acceptors (Lipinski definition) is 4. The fraction of sp³-hybridized carbons (Fsp3) is 0.900. The van der Waals surface area contributed by atoms with E-state index >= 15 is 0 Å². The van der Waals surface area contributed by atoms with Crippen molar-refractivity contribution in [2.24, 2.45) is 0 Å². The van der Waals surface area contributed by atoms with Crippen LogP contribution in [0.2, 0.25) is 0 Å². The van der Waals surface area contributed by atoms with Crippen molar-refractivity contribution in [3.8, 4) is 6.07 Å². The minimum atomic E-state index is -3.32. The molecule has 0 aliphatic rings. The average molecular weight is 248 g/mol. The zero-order valence-corrected chi connectivity index (χ0v) is 11.1. The Balaban J connectivity index is 4.27. The first-order valence-electron chi connectivity index (χ1n) is 5.25. The maximum absolute atomic E-state index is 11.8. The molecule has 1 atom stereocenters. The predicted octanol–water partition coefficient (Wildman–Crippen LogP) is 0.975. The first-order chi connectivity index (χ1) is 7.31. The second kappa shape index (κ2) is 6.84. The van der Waals surface area contributed by atoms with Gasteiger partial charge in [-0.1, -0.05) is 0 Å². The Morgan fingerprint density at radius 1 is 1.38 bits per heavy atom. The Bertz CT molecular complexity index is 332. The van der Waals surface area contributed by atoms with Gasteiger partial charge in [-0.15, -0.1) is 0 Å². The highest BCUT2D eigenvalue weighted by atomic mass is 32.2. The van der Waals surface area contributed by atoms with Crippen molar-refractivity contribution in [1.29, 1.82) is 5.26 Å². The molecule has 0 heterocycles. The summed E-state index contributed by atoms with van der Waals surface area (Å²) in [6.45, 7) is 5.61. The van der Waals surface area contributed by atoms with Gasteiger partial charge < -0.3 is 4.74 Å². The van der Waals surface area contributed by atoms with Crippen LogP contribution < -0.4 is 0 Å². The molecule has 6 heteroatoms. The molecule has 0 saturated heterocycles. The molecule has 0 N–H and O–H groups in total. The number of ether oxygens (including phenoxy) is 1. The van der Waals surface area contributed by atoms with Crippen molar-refractivity contribution in [1.82, 2.24) is 4.31 Å². The lowest BCUT2D eigenvalue weighted by molar-refractivity contribution is 0.0906. The molecular weight excluding hydrogens is 228 g/mol. The smallest absolute Gasteiger partial charge is 0.216 e. The van der Waals surface area contributed by atoms with Crippen LogP contribution in [0.3, 0.4) is 0 Å². The molecule has 16 heavy (non-hydrogen) atoms. The van der Waals surface area contributed by atoms with Crippen molar-refractivity contribution in [2.75, 3.05) is 19.4 Å². The van der Waals surface area contributed by atoms with Gasteiger partial charge in [-0.05, 0) is 20.8 Å². The summed E-state index contributed by atoms with van der Waals surface area (Å²) < 4.78 is 30.0. The molecule has 0 amide bonds. The fourth-order valence-corrected chi connectivity index (χ4v) is 2.29. The molecule has 0 radical (unpaired) electrons. The largest absolute Gasteiger partial charge is 0.378 e. The molecule has 0 aliphatic heterocycles. The highest BCUT2D eigenvalue weighted by molar-refractivity contribution is 7.89. The highest BCUT2D eigenvalue weighted by Crippen LogP contribution is 2.07. The van der Waals surface area contributed by atoms with Crippen LogP contribution in [0.15, 0.2) is 0 Å². The van der Waals surface area contributed by atoms with Gasteiger partial charge in [-0.2, -0.15) is 5.26 Å². The molecule has 5 nitrogen and oxygen atoms in total. The van der Waals surface area contributed by atoms with Gasteiger partial charge >= 0.3 is 0 Å². The Morgan fingerprint density at radius 2 is 1.94 bits per heavy atom. The van der Waals surface area contributed by atoms with Gasteiger partial charge in [0, 0.05) is 13.1 Å². The second-order valence-corrected chi connectivity index (χ2v) is 6.11. The zero-order valence-electron chi connectivity index (χ0n) is 10.3. The summed E-state index contributed by atoms with van der Waals surface area (Å²) in [5, 5.41) is 8.50. The SMILES string of the molecule is CC(C)OCCS(=O)(=O)N(C)C(C)CC#N. The molecule has 0 rings (SSSR count). The van der Waals surface area contributed by atoms with Crippen LogP contribution in [0.25, 0.3) is 0 Å². The molecule has 0 saturated carbocycles. The van der Waals surface area contributed by atoms with Crippen LogP contribution in [0.5, 0.6) is 0 Å². The predicted molar refractivity (Wildman–Crippen MR) is 62.3 cm³/mol. The Kier molecular flexibility index (Phi) is 6.56. The molecule has 0 aliphatic carbocycles. The number of rotatable bonds is 7. The summed E-state index contributed by atoms with van der Waals surface area (Å²) in [4.78, 5) is 0. The van der Waals surface area contributed by atoms with Crippen LogP contribution >= 0.6 is 0 Å². The molecule has 0 aromatic heterocycles. The third kappa shape index (κ3) is 5.45. The molecular formula is C10H20N2O3S. The maximum atomic E-state index is 11.8. The van der Waals surface area contributed by atoms with Crippen molar-refractivity contribution >= 4 is 10.0 Å². The van der Waals surface area contributed by atoms with Gasteiger partial charge in [0.05, 0.1) is 31.0 Å². The van der Waals surface area contributed by atoms with E-state index < -0.39 is 10.0 Å². The summed E-state index contributed by atoms with van der Waals surface area (Å²) in [6, 6.07) is 1.66. The van der Waals surface area contributed by atoms with Crippen LogP contribution in [0.4, 0.5) is 0 Å². The first kappa shape index (κ1) is 15.4. The Morgan fingerprint density at radius 3 is 2.38 bits per heavy atom. The van der Waals surface area contributed by atoms with Crippen molar-refractivity contribution in [2.45, 2.75) is 39.3 Å². The molecule has 0 spiro atoms. The third-order valence-electron chi connectivity index (χ3n) is 2.24. The topological polar surface area (TPSA) is 70.4 Å². The monoisotopic (exact) mass is 248 g/mol. The fourth-order valence-electron chi connectivity index (χ4n) is 1.07. The van der Waals surface area contributed by atoms with E-state index in [1.54, 1.807) is 6.92 Å². The Labute approximate surface area is 98.1 Å². The summed E-state index contributed by atoms with van der Waals surface area (Å²) in [7, 11) is -1.83. The van der Waals surface area contributed by atoms with E-state index in [0.717, 1.165) is 0 Å². The van der Waals surface area contributed by atoms with Gasteiger partial charge in [-0.3, -0.25) is 0 Å². The standard InChI is InChI=1S/C10H20N2O3S/c1-9(2)15-7-8-16(13,14)12(4)10(3)5-6-11/h9-10H,5,7-8H2,1-4H3. The zero-order chi connectivity index (χ0) is 12.8. The number of hydrogen-bond donors (Lipinski definition) is 0. The summed E-state index contributed by atoms with van der Waals surface area (Å²) in [5.41, 5.74) is 0. The summed E-state index contributed by atoms with van der Waals surface area (Å²) >= 11 is 0. The van der Waals surface area contributed by atoms with E-state index in [2.05, 4.69) is 0 Å². The van der Waals surface area contributed by atoms with Gasteiger partial charge in [0.2, 0.25) is 10.0 Å². The molecule has 0 fully saturated rings. The molecule has 0 aromatic carbocycles. The second-order valence-electron chi connectivity index (χ2n) is 3.96. The summed E-state index contributed by atoms with van der Waals surface area (Å²) in [6.07, 6.45) is 0.220. The van der Waals surface area contributed by atoms with Crippen LogP contribution in [0, 0.1) is 11.3 Å². The Hall–Kier alpha value is -0.640. The quantitative estimate of drug-likeness (QED) is 0.673. The maximum Gasteiger partial charge on any atom is 0.216 e. The van der Waals surface area contributed by atoms with Crippen molar-refractivity contribution in [3.05, 3.63) is 0 Å². The van der Waals surface area contributed by atoms with Gasteiger partial charge in [-0.25, -0.2) is 12.7 Å². The number of nitriles is 1. The van der Waals surface area contributed by atoms with Crippen LogP contribution in [-0.2, 0) is 14.8 Å². The number of nitrogens with zero attached hydrogens (tertiary/aromatic N) is 2. The van der Waals surface area contributed by atoms with E-state index in [1.807, 2.05) is 19.9 Å². The lowest BCUT2D eigenvalue weighted by Gasteiger charge is -2.22. The van der Waals surface area contributed by atoms with E-state index in [-0.39, 0.29) is 30.9 Å². The number of sulfonamides is 1. The van der Waals surface area contributed by atoms with E-state index in [9.17, 15) is 8.42 Å². The van der Waals surface area contributed by atoms with Crippen molar-refractivity contribution in [3.63, 3.8) is 0 Å². The lowest BCUT2D eigenvalue weighted by atomic mass is 10.3. The minimum Gasteiger partial charge on any atom is -0.378 e. The van der Waals surface area contributed by atoms with E-state index in [0.29, 0.717) is 0 Å². The van der Waals surface area contributed by atoms with Crippen molar-refractivity contribution < 1.29 is 13.2 Å². The minimum absolute atomic E-state index is 0.0250. The molecule has 1 unspecified atom stereocenters. The molecule has 0 bridgehead atoms. The normalized spacial score (nSPS) is 14.1. The first-order valence-corrected chi connectivity index (χ1v) is 6.86. The van der Waals surface area contributed by atoms with E-state index in [1.165, 1.54) is 11.4 Å². The van der Waals surface area contributed by atoms with Gasteiger partial charge in [0.1, 0.15) is 0 Å². The highest BCUT2D eigenvalue weighted by Gasteiger charge is 2.22.